The average molecular weight is 144 g/mol. The van der Waals surface area contributed by atoms with E-state index in [1.807, 2.05) is 0 Å². The first-order valence-electron chi connectivity index (χ1n) is 3.42. The molecule has 1 rings (SSSR count). The molecular formula is C7H12O3. The predicted molar refractivity (Wildman–Crippen MR) is 36.3 cm³/mol. The van der Waals surface area contributed by atoms with Crippen LogP contribution in [0.3, 0.4) is 0 Å². The van der Waals surface area contributed by atoms with Gasteiger partial charge in [0.25, 0.3) is 0 Å². The molecule has 0 saturated carbocycles. The summed E-state index contributed by atoms with van der Waals surface area (Å²) in [5, 5.41) is 17.8. The minimum absolute atomic E-state index is 0.0648. The van der Waals surface area contributed by atoms with Crippen molar-refractivity contribution in [3.63, 3.8) is 0 Å². The Morgan fingerprint density at radius 2 is 2.40 bits per heavy atom. The summed E-state index contributed by atoms with van der Waals surface area (Å²) in [6.07, 6.45) is 3.26. The van der Waals surface area contributed by atoms with E-state index in [0.29, 0.717) is 13.0 Å². The van der Waals surface area contributed by atoms with E-state index >= 15 is 0 Å². The van der Waals surface area contributed by atoms with Crippen molar-refractivity contribution in [1.82, 2.24) is 0 Å². The number of aliphatic hydroxyl groups is 2. The molecule has 0 spiro atoms. The molecule has 2 atom stereocenters. The molecule has 3 nitrogen and oxygen atoms in total. The van der Waals surface area contributed by atoms with Gasteiger partial charge in [-0.2, -0.15) is 0 Å². The lowest BCUT2D eigenvalue weighted by Crippen LogP contribution is -2.26. The Balaban J connectivity index is 2.36. The van der Waals surface area contributed by atoms with E-state index in [9.17, 15) is 5.11 Å². The van der Waals surface area contributed by atoms with Gasteiger partial charge in [-0.25, -0.2) is 0 Å². The van der Waals surface area contributed by atoms with Gasteiger partial charge in [0.15, 0.2) is 0 Å². The molecule has 0 bridgehead atoms. The first kappa shape index (κ1) is 7.57. The van der Waals surface area contributed by atoms with Gasteiger partial charge < -0.3 is 14.9 Å². The van der Waals surface area contributed by atoms with Crippen molar-refractivity contribution in [2.24, 2.45) is 5.92 Å². The maximum atomic E-state index is 9.22. The Bertz CT molecular complexity index is 122. The van der Waals surface area contributed by atoms with Crippen molar-refractivity contribution in [1.29, 1.82) is 0 Å². The van der Waals surface area contributed by atoms with E-state index in [1.165, 1.54) is 6.26 Å². The van der Waals surface area contributed by atoms with Gasteiger partial charge in [-0.15, -0.1) is 0 Å². The molecule has 0 aliphatic carbocycles. The molecule has 2 N–H and O–H groups in total. The van der Waals surface area contributed by atoms with Crippen molar-refractivity contribution in [2.75, 3.05) is 13.2 Å². The van der Waals surface area contributed by atoms with Gasteiger partial charge in [-0.3, -0.25) is 0 Å². The summed E-state index contributed by atoms with van der Waals surface area (Å²) in [6, 6.07) is 0. The summed E-state index contributed by atoms with van der Waals surface area (Å²) in [5.41, 5.74) is 0. The van der Waals surface area contributed by atoms with Gasteiger partial charge >= 0.3 is 0 Å². The van der Waals surface area contributed by atoms with E-state index in [4.69, 9.17) is 9.84 Å². The van der Waals surface area contributed by atoms with Crippen LogP contribution in [0.15, 0.2) is 12.3 Å². The second-order valence-electron chi connectivity index (χ2n) is 2.42. The molecule has 3 heteroatoms. The van der Waals surface area contributed by atoms with E-state index in [2.05, 4.69) is 0 Å². The Morgan fingerprint density at radius 3 is 3.00 bits per heavy atom. The van der Waals surface area contributed by atoms with Crippen molar-refractivity contribution in [3.05, 3.63) is 12.3 Å². The molecule has 0 saturated heterocycles. The minimum Gasteiger partial charge on any atom is -0.501 e. The van der Waals surface area contributed by atoms with Crippen LogP contribution in [0.5, 0.6) is 0 Å². The topological polar surface area (TPSA) is 49.7 Å². The highest BCUT2D eigenvalue weighted by molar-refractivity contribution is 4.91. The van der Waals surface area contributed by atoms with E-state index in [0.717, 1.165) is 0 Å². The quantitative estimate of drug-likeness (QED) is 0.568. The number of hydrogen-bond donors (Lipinski definition) is 2. The van der Waals surface area contributed by atoms with E-state index in [-0.39, 0.29) is 12.5 Å². The molecule has 0 aromatic heterocycles. The average Bonchev–Trinajstić information content (AvgIpc) is 1.94. The summed E-state index contributed by atoms with van der Waals surface area (Å²) in [5.74, 6) is 0.0648. The van der Waals surface area contributed by atoms with Gasteiger partial charge in [0, 0.05) is 12.5 Å². The summed E-state index contributed by atoms with van der Waals surface area (Å²) < 4.78 is 4.95. The predicted octanol–water partition coefficient (Wildman–Crippen LogP) is -0.110. The highest BCUT2D eigenvalue weighted by Gasteiger charge is 2.19. The first-order chi connectivity index (χ1) is 4.84. The Morgan fingerprint density at radius 1 is 1.60 bits per heavy atom. The number of ether oxygens (including phenoxy) is 1. The van der Waals surface area contributed by atoms with Gasteiger partial charge in [0.1, 0.15) is 0 Å². The summed E-state index contributed by atoms with van der Waals surface area (Å²) in [7, 11) is 0. The second-order valence-corrected chi connectivity index (χ2v) is 2.42. The molecule has 10 heavy (non-hydrogen) atoms. The van der Waals surface area contributed by atoms with Crippen LogP contribution in [0.1, 0.15) is 6.42 Å². The Kier molecular flexibility index (Phi) is 2.71. The lowest BCUT2D eigenvalue weighted by molar-refractivity contribution is 0.0531. The minimum atomic E-state index is -0.444. The molecule has 0 fully saturated rings. The highest BCUT2D eigenvalue weighted by atomic mass is 16.5. The molecule has 1 aliphatic heterocycles. The molecular weight excluding hydrogens is 132 g/mol. The van der Waals surface area contributed by atoms with Crippen molar-refractivity contribution in [3.8, 4) is 0 Å². The zero-order valence-corrected chi connectivity index (χ0v) is 5.73. The largest absolute Gasteiger partial charge is 0.501 e. The third kappa shape index (κ3) is 1.72. The lowest BCUT2D eigenvalue weighted by atomic mass is 9.99. The Hall–Kier alpha value is -0.540. The smallest absolute Gasteiger partial charge is 0.0930 e. The summed E-state index contributed by atoms with van der Waals surface area (Å²) in [6.45, 7) is 0.622. The van der Waals surface area contributed by atoms with Crippen LogP contribution in [0, 0.1) is 5.92 Å². The van der Waals surface area contributed by atoms with E-state index in [1.54, 1.807) is 6.08 Å². The molecule has 58 valence electrons. The summed E-state index contributed by atoms with van der Waals surface area (Å²) >= 11 is 0. The van der Waals surface area contributed by atoms with Gasteiger partial charge in [0.05, 0.1) is 19.0 Å². The van der Waals surface area contributed by atoms with Crippen LogP contribution >= 0.6 is 0 Å². The van der Waals surface area contributed by atoms with Crippen LogP contribution in [0.2, 0.25) is 0 Å². The zero-order chi connectivity index (χ0) is 7.40. The monoisotopic (exact) mass is 144 g/mol. The highest BCUT2D eigenvalue weighted by Crippen LogP contribution is 2.14. The molecule has 0 aromatic carbocycles. The van der Waals surface area contributed by atoms with Crippen LogP contribution in [-0.4, -0.2) is 29.5 Å². The molecule has 0 aromatic rings. The van der Waals surface area contributed by atoms with Crippen LogP contribution in [0.4, 0.5) is 0 Å². The van der Waals surface area contributed by atoms with Gasteiger partial charge in [0.2, 0.25) is 0 Å². The van der Waals surface area contributed by atoms with Crippen LogP contribution in [0.25, 0.3) is 0 Å². The zero-order valence-electron chi connectivity index (χ0n) is 5.73. The standard InChI is InChI=1S/C7H12O3/c8-3-1-6-5-10-4-2-7(6)9/h2,4,6-9H,1,3,5H2. The fraction of sp³-hybridized carbons (Fsp3) is 0.714. The molecule has 1 heterocycles. The first-order valence-corrected chi connectivity index (χ1v) is 3.42. The van der Waals surface area contributed by atoms with Crippen LogP contribution < -0.4 is 0 Å². The Labute approximate surface area is 59.9 Å². The van der Waals surface area contributed by atoms with Gasteiger partial charge in [-0.05, 0) is 12.5 Å². The normalized spacial score (nSPS) is 31.8. The van der Waals surface area contributed by atoms with E-state index < -0.39 is 6.10 Å². The van der Waals surface area contributed by atoms with Crippen molar-refractivity contribution >= 4 is 0 Å². The van der Waals surface area contributed by atoms with Gasteiger partial charge in [-0.1, -0.05) is 0 Å². The molecule has 0 amide bonds. The van der Waals surface area contributed by atoms with Crippen molar-refractivity contribution < 1.29 is 14.9 Å². The van der Waals surface area contributed by atoms with Crippen LogP contribution in [-0.2, 0) is 4.74 Å². The maximum absolute atomic E-state index is 9.22. The third-order valence-corrected chi connectivity index (χ3v) is 1.67. The second kappa shape index (κ2) is 3.58. The molecule has 0 radical (unpaired) electrons. The fourth-order valence-electron chi connectivity index (χ4n) is 0.991. The third-order valence-electron chi connectivity index (χ3n) is 1.67. The fourth-order valence-corrected chi connectivity index (χ4v) is 0.991. The summed E-state index contributed by atoms with van der Waals surface area (Å²) in [4.78, 5) is 0. The number of hydrogen-bond acceptors (Lipinski definition) is 3. The number of rotatable bonds is 2. The molecule has 1 aliphatic rings. The SMILES string of the molecule is OCCC1COC=CC1O. The number of aliphatic hydroxyl groups excluding tert-OH is 2. The molecule has 2 unspecified atom stereocenters. The van der Waals surface area contributed by atoms with Crippen molar-refractivity contribution in [2.45, 2.75) is 12.5 Å². The lowest BCUT2D eigenvalue weighted by Gasteiger charge is -2.22. The maximum Gasteiger partial charge on any atom is 0.0930 e.